The Morgan fingerprint density at radius 1 is 1.32 bits per heavy atom. The first-order valence-corrected chi connectivity index (χ1v) is 8.48. The van der Waals surface area contributed by atoms with Crippen molar-refractivity contribution in [3.8, 4) is 11.5 Å². The summed E-state index contributed by atoms with van der Waals surface area (Å²) >= 11 is 1.33. The van der Waals surface area contributed by atoms with Gasteiger partial charge in [-0.1, -0.05) is 0 Å². The van der Waals surface area contributed by atoms with Crippen LogP contribution in [0, 0.1) is 0 Å². The maximum atomic E-state index is 12.3. The maximum Gasteiger partial charge on any atom is 0.321 e. The number of carbonyl (C=O) groups excluding carboxylic acids is 2. The highest BCUT2D eigenvalue weighted by Gasteiger charge is 2.32. The van der Waals surface area contributed by atoms with Crippen LogP contribution in [-0.4, -0.2) is 43.7 Å². The van der Waals surface area contributed by atoms with Crippen LogP contribution in [0.4, 0.5) is 15.6 Å². The van der Waals surface area contributed by atoms with Gasteiger partial charge in [-0.3, -0.25) is 10.1 Å². The quantitative estimate of drug-likeness (QED) is 0.850. The van der Waals surface area contributed by atoms with Gasteiger partial charge in [0.2, 0.25) is 5.91 Å². The monoisotopic (exact) mass is 362 g/mol. The Kier molecular flexibility index (Phi) is 5.03. The molecular formula is C16H18N4O4S. The van der Waals surface area contributed by atoms with E-state index in [1.165, 1.54) is 11.3 Å². The van der Waals surface area contributed by atoms with Crippen molar-refractivity contribution in [3.63, 3.8) is 0 Å². The summed E-state index contributed by atoms with van der Waals surface area (Å²) in [5.41, 5.74) is 0.701. The highest BCUT2D eigenvalue weighted by atomic mass is 32.1. The Hall–Kier alpha value is -2.81. The summed E-state index contributed by atoms with van der Waals surface area (Å²) in [6.45, 7) is 0.388. The summed E-state index contributed by atoms with van der Waals surface area (Å²) in [6.07, 6.45) is 1.85. The van der Waals surface area contributed by atoms with Crippen molar-refractivity contribution in [1.82, 2.24) is 10.3 Å². The lowest BCUT2D eigenvalue weighted by molar-refractivity contribution is -0.117. The molecule has 1 fully saturated rings. The van der Waals surface area contributed by atoms with Gasteiger partial charge in [-0.05, 0) is 12.1 Å². The number of nitrogens with one attached hydrogen (secondary N) is 2. The van der Waals surface area contributed by atoms with E-state index in [9.17, 15) is 9.59 Å². The predicted molar refractivity (Wildman–Crippen MR) is 94.6 cm³/mol. The molecule has 0 aliphatic carbocycles. The first kappa shape index (κ1) is 17.0. The van der Waals surface area contributed by atoms with Crippen molar-refractivity contribution >= 4 is 34.1 Å². The number of hydrogen-bond acceptors (Lipinski definition) is 6. The summed E-state index contributed by atoms with van der Waals surface area (Å²) in [5, 5.41) is 7.72. The molecule has 1 aliphatic heterocycles. The minimum atomic E-state index is -0.373. The summed E-state index contributed by atoms with van der Waals surface area (Å²) in [5.74, 6) is 1.08. The van der Waals surface area contributed by atoms with Crippen molar-refractivity contribution in [1.29, 1.82) is 0 Å². The average Bonchev–Trinajstić information content (AvgIpc) is 3.23. The number of anilines is 2. The van der Waals surface area contributed by atoms with E-state index in [-0.39, 0.29) is 24.4 Å². The average molecular weight is 362 g/mol. The molecule has 3 amide bonds. The van der Waals surface area contributed by atoms with Gasteiger partial charge in [0, 0.05) is 36.3 Å². The molecule has 2 N–H and O–H groups in total. The molecule has 2 aromatic rings. The molecule has 2 heterocycles. The van der Waals surface area contributed by atoms with Crippen molar-refractivity contribution in [2.45, 2.75) is 12.5 Å². The van der Waals surface area contributed by atoms with Crippen LogP contribution < -0.4 is 25.0 Å². The Balaban J connectivity index is 1.65. The number of benzene rings is 1. The van der Waals surface area contributed by atoms with Crippen LogP contribution in [0.1, 0.15) is 6.42 Å². The summed E-state index contributed by atoms with van der Waals surface area (Å²) < 4.78 is 10.5. The molecular weight excluding hydrogens is 344 g/mol. The van der Waals surface area contributed by atoms with Crippen LogP contribution in [0.2, 0.25) is 0 Å². The molecule has 1 atom stereocenters. The molecule has 1 aromatic heterocycles. The number of hydrogen-bond donors (Lipinski definition) is 2. The molecule has 0 saturated carbocycles. The van der Waals surface area contributed by atoms with Gasteiger partial charge in [0.15, 0.2) is 16.6 Å². The fraction of sp³-hybridized carbons (Fsp3) is 0.312. The largest absolute Gasteiger partial charge is 0.493 e. The maximum absolute atomic E-state index is 12.3. The topological polar surface area (TPSA) is 92.8 Å². The van der Waals surface area contributed by atoms with E-state index >= 15 is 0 Å². The van der Waals surface area contributed by atoms with Crippen LogP contribution >= 0.6 is 11.3 Å². The van der Waals surface area contributed by atoms with Crippen LogP contribution in [0.15, 0.2) is 29.8 Å². The lowest BCUT2D eigenvalue weighted by atomic mass is 10.2. The third-order valence-electron chi connectivity index (χ3n) is 3.79. The van der Waals surface area contributed by atoms with E-state index < -0.39 is 0 Å². The van der Waals surface area contributed by atoms with E-state index in [4.69, 9.17) is 9.47 Å². The molecule has 25 heavy (non-hydrogen) atoms. The van der Waals surface area contributed by atoms with Crippen LogP contribution in [0.3, 0.4) is 0 Å². The lowest BCUT2D eigenvalue weighted by Gasteiger charge is -2.19. The van der Waals surface area contributed by atoms with Gasteiger partial charge in [-0.25, -0.2) is 9.78 Å². The Morgan fingerprint density at radius 3 is 2.80 bits per heavy atom. The van der Waals surface area contributed by atoms with E-state index in [1.54, 1.807) is 48.9 Å². The molecule has 1 saturated heterocycles. The summed E-state index contributed by atoms with van der Waals surface area (Å²) in [6, 6.07) is 4.63. The molecule has 0 radical (unpaired) electrons. The van der Waals surface area contributed by atoms with Gasteiger partial charge in [0.1, 0.15) is 0 Å². The van der Waals surface area contributed by atoms with Gasteiger partial charge < -0.3 is 19.7 Å². The van der Waals surface area contributed by atoms with Crippen molar-refractivity contribution in [3.05, 3.63) is 29.8 Å². The number of amides is 3. The summed E-state index contributed by atoms with van der Waals surface area (Å²) in [7, 11) is 3.10. The molecule has 132 valence electrons. The second kappa shape index (κ2) is 7.39. The molecule has 3 rings (SSSR count). The minimum Gasteiger partial charge on any atom is -0.493 e. The molecule has 1 aliphatic rings. The Morgan fingerprint density at radius 2 is 2.12 bits per heavy atom. The zero-order chi connectivity index (χ0) is 17.8. The SMILES string of the molecule is COc1ccc(N2CC(NC(=O)Nc3nccs3)CC2=O)cc1OC. The van der Waals surface area contributed by atoms with E-state index in [1.807, 2.05) is 0 Å². The first-order valence-electron chi connectivity index (χ1n) is 7.60. The number of urea groups is 1. The Bertz CT molecular complexity index is 766. The number of nitrogens with zero attached hydrogens (tertiary/aromatic N) is 2. The van der Waals surface area contributed by atoms with Gasteiger partial charge in [0.05, 0.1) is 20.3 Å². The Labute approximate surface area is 148 Å². The lowest BCUT2D eigenvalue weighted by Crippen LogP contribution is -2.39. The number of aromatic nitrogens is 1. The van der Waals surface area contributed by atoms with E-state index in [2.05, 4.69) is 15.6 Å². The minimum absolute atomic E-state index is 0.0632. The van der Waals surface area contributed by atoms with Crippen molar-refractivity contribution < 1.29 is 19.1 Å². The fourth-order valence-electron chi connectivity index (χ4n) is 2.65. The number of ether oxygens (including phenoxy) is 2. The zero-order valence-corrected chi connectivity index (χ0v) is 14.6. The molecule has 1 unspecified atom stereocenters. The van der Waals surface area contributed by atoms with Gasteiger partial charge in [-0.15, -0.1) is 11.3 Å². The number of carbonyl (C=O) groups is 2. The summed E-state index contributed by atoms with van der Waals surface area (Å²) in [4.78, 5) is 29.9. The first-order chi connectivity index (χ1) is 12.1. The molecule has 8 nitrogen and oxygen atoms in total. The number of rotatable bonds is 5. The zero-order valence-electron chi connectivity index (χ0n) is 13.8. The normalized spacial score (nSPS) is 16.6. The van der Waals surface area contributed by atoms with Crippen LogP contribution in [-0.2, 0) is 4.79 Å². The van der Waals surface area contributed by atoms with Crippen molar-refractivity contribution in [2.24, 2.45) is 0 Å². The number of thiazole rings is 1. The third kappa shape index (κ3) is 3.82. The molecule has 0 spiro atoms. The standard InChI is InChI=1S/C16H18N4O4S/c1-23-12-4-3-11(8-13(12)24-2)20-9-10(7-14(20)21)18-15(22)19-16-17-5-6-25-16/h3-6,8,10H,7,9H2,1-2H3,(H2,17,18,19,22). The van der Waals surface area contributed by atoms with Crippen LogP contribution in [0.5, 0.6) is 11.5 Å². The molecule has 0 bridgehead atoms. The predicted octanol–water partition coefficient (Wildman–Crippen LogP) is 2.09. The highest BCUT2D eigenvalue weighted by Crippen LogP contribution is 2.33. The highest BCUT2D eigenvalue weighted by molar-refractivity contribution is 7.13. The van der Waals surface area contributed by atoms with Crippen molar-refractivity contribution in [2.75, 3.05) is 31.0 Å². The van der Waals surface area contributed by atoms with Gasteiger partial charge in [0.25, 0.3) is 0 Å². The smallest absolute Gasteiger partial charge is 0.321 e. The van der Waals surface area contributed by atoms with E-state index in [0.29, 0.717) is 28.9 Å². The second-order valence-electron chi connectivity index (χ2n) is 5.38. The second-order valence-corrected chi connectivity index (χ2v) is 6.27. The molecule has 1 aromatic carbocycles. The van der Waals surface area contributed by atoms with Crippen LogP contribution in [0.25, 0.3) is 0 Å². The number of methoxy groups -OCH3 is 2. The third-order valence-corrected chi connectivity index (χ3v) is 4.48. The fourth-order valence-corrected chi connectivity index (χ4v) is 3.17. The van der Waals surface area contributed by atoms with E-state index in [0.717, 1.165) is 0 Å². The van der Waals surface area contributed by atoms with Gasteiger partial charge in [-0.2, -0.15) is 0 Å². The molecule has 9 heteroatoms. The van der Waals surface area contributed by atoms with Gasteiger partial charge >= 0.3 is 6.03 Å².